The van der Waals surface area contributed by atoms with E-state index in [0.29, 0.717) is 25.6 Å². The Labute approximate surface area is 117 Å². The first-order valence-electron chi connectivity index (χ1n) is 6.21. The molecule has 1 aromatic rings. The highest BCUT2D eigenvalue weighted by molar-refractivity contribution is 5.48. The Morgan fingerprint density at radius 2 is 2.10 bits per heavy atom. The number of hydrogen-bond donors (Lipinski definition) is 1. The first-order valence-corrected chi connectivity index (χ1v) is 6.21. The fourth-order valence-corrected chi connectivity index (χ4v) is 1.42. The third-order valence-corrected chi connectivity index (χ3v) is 2.40. The van der Waals surface area contributed by atoms with Crippen LogP contribution in [0.5, 0.6) is 5.88 Å². The maximum absolute atomic E-state index is 10.8. The molecule has 0 aliphatic carbocycles. The maximum atomic E-state index is 10.8. The number of nitro groups is 1. The number of hydrogen-bond acceptors (Lipinski definition) is 7. The summed E-state index contributed by atoms with van der Waals surface area (Å²) in [6, 6.07) is 2.87. The van der Waals surface area contributed by atoms with Gasteiger partial charge in [0.05, 0.1) is 11.5 Å². The third-order valence-electron chi connectivity index (χ3n) is 2.40. The molecule has 0 aliphatic heterocycles. The second-order valence-corrected chi connectivity index (χ2v) is 3.84. The van der Waals surface area contributed by atoms with Gasteiger partial charge in [0.25, 0.3) is 5.88 Å². The predicted molar refractivity (Wildman–Crippen MR) is 73.2 cm³/mol. The highest BCUT2D eigenvalue weighted by atomic mass is 16.6. The summed E-state index contributed by atoms with van der Waals surface area (Å²) in [5.74, 6) is 0.494. The number of nitrogens with zero attached hydrogens (tertiary/aromatic N) is 2. The standard InChI is InChI=1S/C12H19N3O5/c1-13-11-5-4-10(15(16)17)12(14-11)20-9-8-19-7-3-6-18-2/h4-5H,3,6-9H2,1-2H3,(H,13,14). The monoisotopic (exact) mass is 285 g/mol. The summed E-state index contributed by atoms with van der Waals surface area (Å²) in [5, 5.41) is 13.6. The maximum Gasteiger partial charge on any atom is 0.331 e. The number of nitrogens with one attached hydrogen (secondary N) is 1. The number of anilines is 1. The van der Waals surface area contributed by atoms with Gasteiger partial charge in [0.1, 0.15) is 12.4 Å². The van der Waals surface area contributed by atoms with Crippen LogP contribution in [0.25, 0.3) is 0 Å². The van der Waals surface area contributed by atoms with Crippen LogP contribution in [0.3, 0.4) is 0 Å². The van der Waals surface area contributed by atoms with Gasteiger partial charge < -0.3 is 19.5 Å². The van der Waals surface area contributed by atoms with Crippen LogP contribution in [-0.2, 0) is 9.47 Å². The minimum atomic E-state index is -0.527. The van der Waals surface area contributed by atoms with Gasteiger partial charge in [-0.15, -0.1) is 0 Å². The molecule has 1 heterocycles. The Balaban J connectivity index is 2.43. The molecule has 8 nitrogen and oxygen atoms in total. The van der Waals surface area contributed by atoms with Gasteiger partial charge in [-0.25, -0.2) is 0 Å². The molecule has 0 aromatic carbocycles. The molecule has 1 N–H and O–H groups in total. The lowest BCUT2D eigenvalue weighted by Gasteiger charge is -2.08. The molecule has 1 aromatic heterocycles. The summed E-state index contributed by atoms with van der Waals surface area (Å²) < 4.78 is 15.5. The van der Waals surface area contributed by atoms with Crippen molar-refractivity contribution in [3.63, 3.8) is 0 Å². The van der Waals surface area contributed by atoms with Crippen molar-refractivity contribution in [3.8, 4) is 5.88 Å². The van der Waals surface area contributed by atoms with Crippen LogP contribution in [0.15, 0.2) is 12.1 Å². The van der Waals surface area contributed by atoms with Gasteiger partial charge in [0.2, 0.25) is 0 Å². The minimum absolute atomic E-state index is 0.0117. The van der Waals surface area contributed by atoms with Crippen molar-refractivity contribution in [1.29, 1.82) is 0 Å². The predicted octanol–water partition coefficient (Wildman–Crippen LogP) is 1.46. The molecule has 0 fully saturated rings. The second-order valence-electron chi connectivity index (χ2n) is 3.84. The third kappa shape index (κ3) is 5.37. The average molecular weight is 285 g/mol. The smallest absolute Gasteiger partial charge is 0.331 e. The summed E-state index contributed by atoms with van der Waals surface area (Å²) in [5.41, 5.74) is -0.164. The van der Waals surface area contributed by atoms with E-state index in [1.807, 2.05) is 0 Å². The van der Waals surface area contributed by atoms with Gasteiger partial charge in [0.15, 0.2) is 0 Å². The number of methoxy groups -OCH3 is 1. The average Bonchev–Trinajstić information content (AvgIpc) is 2.45. The van der Waals surface area contributed by atoms with E-state index < -0.39 is 4.92 Å². The van der Waals surface area contributed by atoms with Crippen molar-refractivity contribution in [2.45, 2.75) is 6.42 Å². The Morgan fingerprint density at radius 1 is 1.30 bits per heavy atom. The molecule has 0 saturated heterocycles. The van der Waals surface area contributed by atoms with Crippen LogP contribution < -0.4 is 10.1 Å². The van der Waals surface area contributed by atoms with Crippen LogP contribution in [0.2, 0.25) is 0 Å². The van der Waals surface area contributed by atoms with Crippen molar-refractivity contribution in [1.82, 2.24) is 4.98 Å². The molecule has 0 saturated carbocycles. The molecule has 0 radical (unpaired) electrons. The fourth-order valence-electron chi connectivity index (χ4n) is 1.42. The van der Waals surface area contributed by atoms with Gasteiger partial charge in [-0.2, -0.15) is 4.98 Å². The number of aromatic nitrogens is 1. The van der Waals surface area contributed by atoms with Crippen molar-refractivity contribution in [3.05, 3.63) is 22.2 Å². The van der Waals surface area contributed by atoms with E-state index in [-0.39, 0.29) is 18.2 Å². The first kappa shape index (κ1) is 16.1. The Bertz CT molecular complexity index is 428. The van der Waals surface area contributed by atoms with Crippen LogP contribution in [0, 0.1) is 10.1 Å². The lowest BCUT2D eigenvalue weighted by atomic mass is 10.4. The molecular weight excluding hydrogens is 266 g/mol. The summed E-state index contributed by atoms with van der Waals surface area (Å²) in [6.45, 7) is 1.74. The van der Waals surface area contributed by atoms with Crippen LogP contribution in [0.4, 0.5) is 11.5 Å². The van der Waals surface area contributed by atoms with Crippen LogP contribution in [0.1, 0.15) is 6.42 Å². The minimum Gasteiger partial charge on any atom is -0.470 e. The molecule has 112 valence electrons. The van der Waals surface area contributed by atoms with E-state index in [9.17, 15) is 10.1 Å². The van der Waals surface area contributed by atoms with Gasteiger partial charge in [-0.05, 0) is 12.5 Å². The van der Waals surface area contributed by atoms with Gasteiger partial charge >= 0.3 is 5.69 Å². The van der Waals surface area contributed by atoms with Gasteiger partial charge in [-0.1, -0.05) is 0 Å². The van der Waals surface area contributed by atoms with E-state index in [0.717, 1.165) is 6.42 Å². The highest BCUT2D eigenvalue weighted by Gasteiger charge is 2.17. The summed E-state index contributed by atoms with van der Waals surface area (Å²) in [6.07, 6.45) is 0.796. The zero-order valence-electron chi connectivity index (χ0n) is 11.6. The van der Waals surface area contributed by atoms with E-state index in [4.69, 9.17) is 14.2 Å². The van der Waals surface area contributed by atoms with E-state index in [1.54, 1.807) is 14.2 Å². The topological polar surface area (TPSA) is 95.8 Å². The molecule has 0 bridgehead atoms. The Hall–Kier alpha value is -1.93. The molecule has 20 heavy (non-hydrogen) atoms. The molecule has 0 atom stereocenters. The zero-order valence-corrected chi connectivity index (χ0v) is 11.6. The zero-order chi connectivity index (χ0) is 14.8. The van der Waals surface area contributed by atoms with Crippen LogP contribution >= 0.6 is 0 Å². The van der Waals surface area contributed by atoms with Crippen molar-refractivity contribution >= 4 is 11.5 Å². The Morgan fingerprint density at radius 3 is 2.75 bits per heavy atom. The highest BCUT2D eigenvalue weighted by Crippen LogP contribution is 2.25. The second kappa shape index (κ2) is 9.05. The van der Waals surface area contributed by atoms with E-state index in [2.05, 4.69) is 10.3 Å². The largest absolute Gasteiger partial charge is 0.470 e. The Kier molecular flexibility index (Phi) is 7.30. The SMILES string of the molecule is CNc1ccc([N+](=O)[O-])c(OCCOCCCOC)n1. The number of pyridine rings is 1. The van der Waals surface area contributed by atoms with Gasteiger partial charge in [0, 0.05) is 33.4 Å². The van der Waals surface area contributed by atoms with E-state index >= 15 is 0 Å². The molecule has 0 amide bonds. The number of ether oxygens (including phenoxy) is 3. The molecule has 0 unspecified atom stereocenters. The molecule has 1 rings (SSSR count). The molecule has 8 heteroatoms. The first-order chi connectivity index (χ1) is 9.69. The van der Waals surface area contributed by atoms with Crippen LogP contribution in [-0.4, -0.2) is 50.5 Å². The normalized spacial score (nSPS) is 10.3. The van der Waals surface area contributed by atoms with Gasteiger partial charge in [-0.3, -0.25) is 10.1 Å². The lowest BCUT2D eigenvalue weighted by molar-refractivity contribution is -0.386. The van der Waals surface area contributed by atoms with Crippen molar-refractivity contribution in [2.24, 2.45) is 0 Å². The molecular formula is C12H19N3O5. The van der Waals surface area contributed by atoms with Crippen molar-refractivity contribution < 1.29 is 19.1 Å². The summed E-state index contributed by atoms with van der Waals surface area (Å²) in [7, 11) is 3.31. The quantitative estimate of drug-likeness (QED) is 0.395. The molecule has 0 spiro atoms. The molecule has 0 aliphatic rings. The summed E-state index contributed by atoms with van der Waals surface area (Å²) in [4.78, 5) is 14.3. The fraction of sp³-hybridized carbons (Fsp3) is 0.583. The summed E-state index contributed by atoms with van der Waals surface area (Å²) >= 11 is 0. The van der Waals surface area contributed by atoms with Crippen molar-refractivity contribution in [2.75, 3.05) is 45.9 Å². The lowest BCUT2D eigenvalue weighted by Crippen LogP contribution is -2.10. The van der Waals surface area contributed by atoms with E-state index in [1.165, 1.54) is 12.1 Å². The number of rotatable bonds is 10.